The molecule has 0 fully saturated rings. The van der Waals surface area contributed by atoms with Gasteiger partial charge in [0.05, 0.1) is 13.7 Å². The fourth-order valence-corrected chi connectivity index (χ4v) is 2.22. The number of methoxy groups -OCH3 is 1. The maximum absolute atomic E-state index is 12.2. The third kappa shape index (κ3) is 5.56. The van der Waals surface area contributed by atoms with Crippen molar-refractivity contribution in [3.8, 4) is 5.75 Å². The number of aromatic nitrogens is 2. The molecule has 1 N–H and O–H groups in total. The molecule has 0 amide bonds. The summed E-state index contributed by atoms with van der Waals surface area (Å²) < 4.78 is 15.8. The van der Waals surface area contributed by atoms with E-state index in [1.807, 2.05) is 30.3 Å². The molecule has 0 aliphatic rings. The third-order valence-electron chi connectivity index (χ3n) is 3.64. The topological polar surface area (TPSA) is 86.5 Å². The van der Waals surface area contributed by atoms with Crippen molar-refractivity contribution in [2.45, 2.75) is 39.3 Å². The van der Waals surface area contributed by atoms with Crippen molar-refractivity contribution in [2.24, 2.45) is 5.92 Å². The first-order chi connectivity index (χ1) is 11.9. The number of rotatable bonds is 9. The molecule has 1 aromatic heterocycles. The highest BCUT2D eigenvalue weighted by atomic mass is 16.5. The summed E-state index contributed by atoms with van der Waals surface area (Å²) in [4.78, 5) is 16.5. The molecule has 0 bridgehead atoms. The maximum atomic E-state index is 12.2. The molecule has 7 nitrogen and oxygen atoms in total. The first-order valence-corrected chi connectivity index (χ1v) is 8.25. The summed E-state index contributed by atoms with van der Waals surface area (Å²) in [6.07, 6.45) is 0.721. The first-order valence-electron chi connectivity index (χ1n) is 8.25. The number of hydrogen-bond donors (Lipinski definition) is 1. The van der Waals surface area contributed by atoms with Crippen LogP contribution in [0.15, 0.2) is 34.9 Å². The van der Waals surface area contributed by atoms with Gasteiger partial charge in [-0.15, -0.1) is 0 Å². The largest absolute Gasteiger partial charge is 0.491 e. The molecular weight excluding hydrogens is 322 g/mol. The molecule has 2 aromatic rings. The Labute approximate surface area is 147 Å². The van der Waals surface area contributed by atoms with E-state index in [1.165, 1.54) is 7.11 Å². The number of para-hydroxylation sites is 1. The zero-order chi connectivity index (χ0) is 18.3. The van der Waals surface area contributed by atoms with Crippen molar-refractivity contribution < 1.29 is 18.8 Å². The average Bonchev–Trinajstić information content (AvgIpc) is 3.05. The third-order valence-corrected chi connectivity index (χ3v) is 3.64. The van der Waals surface area contributed by atoms with Gasteiger partial charge >= 0.3 is 5.97 Å². The van der Waals surface area contributed by atoms with Crippen LogP contribution in [0, 0.1) is 5.92 Å². The molecule has 1 atom stereocenters. The molecule has 0 saturated carbocycles. The average molecular weight is 347 g/mol. The highest BCUT2D eigenvalue weighted by Crippen LogP contribution is 2.14. The van der Waals surface area contributed by atoms with Gasteiger partial charge in [0.25, 0.3) is 0 Å². The van der Waals surface area contributed by atoms with Crippen molar-refractivity contribution >= 4 is 5.97 Å². The monoisotopic (exact) mass is 347 g/mol. The van der Waals surface area contributed by atoms with Gasteiger partial charge in [0.2, 0.25) is 5.89 Å². The summed E-state index contributed by atoms with van der Waals surface area (Å²) >= 11 is 0. The Kier molecular flexibility index (Phi) is 6.52. The van der Waals surface area contributed by atoms with E-state index < -0.39 is 11.5 Å². The number of benzene rings is 1. The van der Waals surface area contributed by atoms with Crippen LogP contribution in [0.2, 0.25) is 0 Å². The molecule has 25 heavy (non-hydrogen) atoms. The fourth-order valence-electron chi connectivity index (χ4n) is 2.22. The van der Waals surface area contributed by atoms with E-state index in [9.17, 15) is 4.79 Å². The Morgan fingerprint density at radius 1 is 1.32 bits per heavy atom. The van der Waals surface area contributed by atoms with E-state index in [4.69, 9.17) is 14.0 Å². The van der Waals surface area contributed by atoms with Gasteiger partial charge in [-0.1, -0.05) is 37.2 Å². The normalized spacial score (nSPS) is 13.5. The summed E-state index contributed by atoms with van der Waals surface area (Å²) in [5, 5.41) is 7.05. The second-order valence-corrected chi connectivity index (χ2v) is 6.48. The Balaban J connectivity index is 1.99. The number of carbonyl (C=O) groups excluding carboxylic acids is 1. The van der Waals surface area contributed by atoms with E-state index in [-0.39, 0.29) is 13.2 Å². The minimum Gasteiger partial charge on any atom is -0.491 e. The van der Waals surface area contributed by atoms with E-state index in [0.29, 0.717) is 23.4 Å². The van der Waals surface area contributed by atoms with Gasteiger partial charge in [-0.05, 0) is 25.0 Å². The molecule has 0 saturated heterocycles. The van der Waals surface area contributed by atoms with Gasteiger partial charge in [-0.25, -0.2) is 4.79 Å². The van der Waals surface area contributed by atoms with Crippen molar-refractivity contribution in [1.29, 1.82) is 0 Å². The smallest absolute Gasteiger partial charge is 0.329 e. The Hall–Kier alpha value is -2.41. The predicted molar refractivity (Wildman–Crippen MR) is 92.0 cm³/mol. The lowest BCUT2D eigenvalue weighted by Gasteiger charge is -2.27. The number of nitrogens with one attached hydrogen (secondary N) is 1. The number of carbonyl (C=O) groups is 1. The van der Waals surface area contributed by atoms with Crippen LogP contribution >= 0.6 is 0 Å². The molecule has 1 unspecified atom stereocenters. The summed E-state index contributed by atoms with van der Waals surface area (Å²) in [6.45, 7) is 6.26. The summed E-state index contributed by atoms with van der Waals surface area (Å²) in [5.41, 5.74) is -1.04. The van der Waals surface area contributed by atoms with E-state index in [0.717, 1.165) is 6.42 Å². The van der Waals surface area contributed by atoms with E-state index in [1.54, 1.807) is 6.92 Å². The molecule has 1 aromatic carbocycles. The zero-order valence-corrected chi connectivity index (χ0v) is 15.1. The van der Waals surface area contributed by atoms with E-state index in [2.05, 4.69) is 29.3 Å². The van der Waals surface area contributed by atoms with Crippen LogP contribution in [-0.4, -0.2) is 35.4 Å². The van der Waals surface area contributed by atoms with Gasteiger partial charge in [-0.3, -0.25) is 5.32 Å². The van der Waals surface area contributed by atoms with Crippen molar-refractivity contribution in [3.05, 3.63) is 42.0 Å². The Morgan fingerprint density at radius 2 is 2.04 bits per heavy atom. The molecule has 136 valence electrons. The first kappa shape index (κ1) is 18.9. The van der Waals surface area contributed by atoms with Gasteiger partial charge < -0.3 is 14.0 Å². The molecule has 0 aliphatic heterocycles. The summed E-state index contributed by atoms with van der Waals surface area (Å²) in [7, 11) is 1.35. The zero-order valence-electron chi connectivity index (χ0n) is 15.1. The van der Waals surface area contributed by atoms with E-state index >= 15 is 0 Å². The Morgan fingerprint density at radius 3 is 2.68 bits per heavy atom. The van der Waals surface area contributed by atoms with Gasteiger partial charge in [-0.2, -0.15) is 4.98 Å². The quantitative estimate of drug-likeness (QED) is 0.697. The summed E-state index contributed by atoms with van der Waals surface area (Å²) in [5.74, 6) is 1.77. The molecular formula is C18H25N3O4. The molecule has 0 aliphatic carbocycles. The van der Waals surface area contributed by atoms with Crippen LogP contribution < -0.4 is 10.1 Å². The van der Waals surface area contributed by atoms with Crippen LogP contribution in [0.25, 0.3) is 0 Å². The number of ether oxygens (including phenoxy) is 2. The predicted octanol–water partition coefficient (Wildman–Crippen LogP) is 2.37. The molecule has 0 spiro atoms. The second kappa shape index (κ2) is 8.62. The lowest BCUT2D eigenvalue weighted by molar-refractivity contribution is -0.149. The summed E-state index contributed by atoms with van der Waals surface area (Å²) in [6, 6.07) is 9.29. The molecule has 7 heteroatoms. The molecule has 1 heterocycles. The minimum atomic E-state index is -1.04. The standard InChI is InChI=1S/C18H25N3O4/c1-13(2)10-16-20-15(21-25-16)11-19-18(3,17(22)23-4)12-24-14-8-6-5-7-9-14/h5-9,13,19H,10-12H2,1-4H3. The van der Waals surface area contributed by atoms with Gasteiger partial charge in [0.1, 0.15) is 17.9 Å². The molecule has 2 rings (SSSR count). The van der Waals surface area contributed by atoms with Gasteiger partial charge in [0.15, 0.2) is 5.82 Å². The highest BCUT2D eigenvalue weighted by Gasteiger charge is 2.35. The lowest BCUT2D eigenvalue weighted by atomic mass is 10.0. The van der Waals surface area contributed by atoms with Crippen LogP contribution in [0.3, 0.4) is 0 Å². The Bertz CT molecular complexity index is 672. The highest BCUT2D eigenvalue weighted by molar-refractivity contribution is 5.80. The second-order valence-electron chi connectivity index (χ2n) is 6.48. The van der Waals surface area contributed by atoms with Crippen LogP contribution in [0.4, 0.5) is 0 Å². The SMILES string of the molecule is COC(=O)C(C)(COc1ccccc1)NCc1noc(CC(C)C)n1. The minimum absolute atomic E-state index is 0.111. The van der Waals surface area contributed by atoms with Crippen molar-refractivity contribution in [1.82, 2.24) is 15.5 Å². The van der Waals surface area contributed by atoms with Crippen LogP contribution in [0.5, 0.6) is 5.75 Å². The van der Waals surface area contributed by atoms with Crippen molar-refractivity contribution in [2.75, 3.05) is 13.7 Å². The van der Waals surface area contributed by atoms with Crippen LogP contribution in [-0.2, 0) is 22.5 Å². The van der Waals surface area contributed by atoms with Crippen LogP contribution in [0.1, 0.15) is 32.5 Å². The maximum Gasteiger partial charge on any atom is 0.329 e. The molecule has 0 radical (unpaired) electrons. The lowest BCUT2D eigenvalue weighted by Crippen LogP contribution is -2.54. The van der Waals surface area contributed by atoms with Gasteiger partial charge in [0, 0.05) is 6.42 Å². The number of nitrogens with zero attached hydrogens (tertiary/aromatic N) is 2. The number of hydrogen-bond acceptors (Lipinski definition) is 7. The fraction of sp³-hybridized carbons (Fsp3) is 0.500. The van der Waals surface area contributed by atoms with Crippen molar-refractivity contribution in [3.63, 3.8) is 0 Å². The number of esters is 1.